The Morgan fingerprint density at radius 1 is 0.967 bits per heavy atom. The summed E-state index contributed by atoms with van der Waals surface area (Å²) in [4.78, 5) is 33.1. The summed E-state index contributed by atoms with van der Waals surface area (Å²) in [6.07, 6.45) is 4.91. The zero-order valence-corrected chi connectivity index (χ0v) is 16.5. The summed E-state index contributed by atoms with van der Waals surface area (Å²) in [6, 6.07) is 6.53. The van der Waals surface area contributed by atoms with Crippen LogP contribution in [-0.4, -0.2) is 58.9 Å². The molecule has 8 heteroatoms. The molecule has 158 valence electrons. The number of aromatic nitrogens is 1. The molecular formula is C22H23F2N3O3. The van der Waals surface area contributed by atoms with Gasteiger partial charge in [0.1, 0.15) is 11.7 Å². The van der Waals surface area contributed by atoms with Gasteiger partial charge >= 0.3 is 0 Å². The van der Waals surface area contributed by atoms with Gasteiger partial charge in [0.05, 0.1) is 6.54 Å². The normalized spacial score (nSPS) is 19.1. The second-order valence-electron chi connectivity index (χ2n) is 7.62. The minimum atomic E-state index is -1.05. The van der Waals surface area contributed by atoms with Crippen molar-refractivity contribution in [3.63, 3.8) is 0 Å². The number of amides is 2. The number of likely N-dealkylation sites (tertiary alicyclic amines) is 2. The Morgan fingerprint density at radius 2 is 1.77 bits per heavy atom. The number of ether oxygens (including phenoxy) is 1. The Morgan fingerprint density at radius 3 is 2.53 bits per heavy atom. The molecule has 1 aromatic heterocycles. The lowest BCUT2D eigenvalue weighted by molar-refractivity contribution is 0.0708. The van der Waals surface area contributed by atoms with Crippen LogP contribution >= 0.6 is 0 Å². The van der Waals surface area contributed by atoms with E-state index in [0.29, 0.717) is 18.5 Å². The molecule has 6 nitrogen and oxygen atoms in total. The molecule has 0 bridgehead atoms. The van der Waals surface area contributed by atoms with Gasteiger partial charge in [0.2, 0.25) is 5.88 Å². The van der Waals surface area contributed by atoms with Crippen molar-refractivity contribution in [2.45, 2.75) is 31.8 Å². The van der Waals surface area contributed by atoms with E-state index in [4.69, 9.17) is 4.74 Å². The number of piperidine rings is 1. The Balaban J connectivity index is 1.43. The summed E-state index contributed by atoms with van der Waals surface area (Å²) >= 11 is 0. The van der Waals surface area contributed by atoms with Gasteiger partial charge in [-0.2, -0.15) is 0 Å². The van der Waals surface area contributed by atoms with Gasteiger partial charge in [0.25, 0.3) is 11.8 Å². The van der Waals surface area contributed by atoms with Crippen molar-refractivity contribution in [1.29, 1.82) is 0 Å². The van der Waals surface area contributed by atoms with Gasteiger partial charge in [-0.05, 0) is 49.6 Å². The lowest BCUT2D eigenvalue weighted by atomic mass is 10.1. The molecule has 1 aromatic carbocycles. The average Bonchev–Trinajstić information content (AvgIpc) is 3.24. The number of halogens is 2. The first-order valence-corrected chi connectivity index (χ1v) is 10.2. The second-order valence-corrected chi connectivity index (χ2v) is 7.62. The first-order chi connectivity index (χ1) is 14.5. The van der Waals surface area contributed by atoms with E-state index in [9.17, 15) is 18.4 Å². The minimum absolute atomic E-state index is 0.0911. The average molecular weight is 415 g/mol. The van der Waals surface area contributed by atoms with E-state index >= 15 is 0 Å². The van der Waals surface area contributed by atoms with Crippen molar-refractivity contribution in [3.05, 3.63) is 59.3 Å². The van der Waals surface area contributed by atoms with Crippen molar-refractivity contribution in [3.8, 4) is 5.88 Å². The maximum absolute atomic E-state index is 13.4. The quantitative estimate of drug-likeness (QED) is 0.769. The van der Waals surface area contributed by atoms with E-state index in [-0.39, 0.29) is 35.9 Å². The topological polar surface area (TPSA) is 62.7 Å². The van der Waals surface area contributed by atoms with Gasteiger partial charge in [0.15, 0.2) is 11.6 Å². The third-order valence-corrected chi connectivity index (χ3v) is 5.52. The first-order valence-electron chi connectivity index (χ1n) is 10.2. The van der Waals surface area contributed by atoms with E-state index in [0.717, 1.165) is 44.5 Å². The molecule has 2 saturated heterocycles. The molecule has 0 radical (unpaired) electrons. The molecule has 3 heterocycles. The Kier molecular flexibility index (Phi) is 5.92. The number of hydrogen-bond donors (Lipinski definition) is 0. The molecule has 1 atom stereocenters. The largest absolute Gasteiger partial charge is 0.472 e. The van der Waals surface area contributed by atoms with Gasteiger partial charge in [-0.1, -0.05) is 0 Å². The maximum atomic E-state index is 13.4. The van der Waals surface area contributed by atoms with Gasteiger partial charge in [-0.3, -0.25) is 9.59 Å². The Labute approximate surface area is 173 Å². The van der Waals surface area contributed by atoms with Crippen LogP contribution in [0.4, 0.5) is 8.78 Å². The van der Waals surface area contributed by atoms with E-state index in [1.54, 1.807) is 18.3 Å². The molecule has 2 aromatic rings. The molecule has 0 N–H and O–H groups in total. The summed E-state index contributed by atoms with van der Waals surface area (Å²) < 4.78 is 32.6. The van der Waals surface area contributed by atoms with Crippen molar-refractivity contribution >= 4 is 11.8 Å². The highest BCUT2D eigenvalue weighted by molar-refractivity contribution is 5.96. The molecule has 2 amide bonds. The van der Waals surface area contributed by atoms with Crippen LogP contribution in [0.5, 0.6) is 5.88 Å². The predicted molar refractivity (Wildman–Crippen MR) is 105 cm³/mol. The summed E-state index contributed by atoms with van der Waals surface area (Å²) in [5, 5.41) is 0. The van der Waals surface area contributed by atoms with Crippen LogP contribution in [-0.2, 0) is 0 Å². The van der Waals surface area contributed by atoms with E-state index in [1.165, 1.54) is 11.0 Å². The van der Waals surface area contributed by atoms with Crippen LogP contribution in [0.3, 0.4) is 0 Å². The standard InChI is InChI=1S/C22H23F2N3O3/c23-18-7-6-15(13-19(18)24)21(28)27-12-8-16(14-27)30-20-17(5-4-9-25-20)22(29)26-10-2-1-3-11-26/h4-7,9,13,16H,1-3,8,10-12,14H2/t16-/m0/s1. The van der Waals surface area contributed by atoms with Crippen LogP contribution in [0.15, 0.2) is 36.5 Å². The molecule has 0 aliphatic carbocycles. The zero-order valence-electron chi connectivity index (χ0n) is 16.5. The molecule has 0 unspecified atom stereocenters. The molecule has 0 saturated carbocycles. The molecule has 0 spiro atoms. The van der Waals surface area contributed by atoms with Gasteiger partial charge < -0.3 is 14.5 Å². The summed E-state index contributed by atoms with van der Waals surface area (Å²) in [7, 11) is 0. The summed E-state index contributed by atoms with van der Waals surface area (Å²) in [6.45, 7) is 2.16. The molecule has 30 heavy (non-hydrogen) atoms. The highest BCUT2D eigenvalue weighted by Crippen LogP contribution is 2.24. The van der Waals surface area contributed by atoms with E-state index < -0.39 is 11.6 Å². The fraction of sp³-hybridized carbons (Fsp3) is 0.409. The fourth-order valence-electron chi connectivity index (χ4n) is 3.89. The van der Waals surface area contributed by atoms with Crippen LogP contribution in [0.25, 0.3) is 0 Å². The monoisotopic (exact) mass is 415 g/mol. The fourth-order valence-corrected chi connectivity index (χ4v) is 3.89. The van der Waals surface area contributed by atoms with Crippen LogP contribution in [0.2, 0.25) is 0 Å². The lowest BCUT2D eigenvalue weighted by Gasteiger charge is -2.27. The van der Waals surface area contributed by atoms with Crippen molar-refractivity contribution < 1.29 is 23.1 Å². The van der Waals surface area contributed by atoms with Gasteiger partial charge in [-0.25, -0.2) is 13.8 Å². The molecule has 2 fully saturated rings. The number of carbonyl (C=O) groups excluding carboxylic acids is 2. The van der Waals surface area contributed by atoms with Gasteiger partial charge in [0, 0.05) is 37.8 Å². The molecule has 2 aliphatic heterocycles. The summed E-state index contributed by atoms with van der Waals surface area (Å²) in [5.74, 6) is -2.26. The lowest BCUT2D eigenvalue weighted by Crippen LogP contribution is -2.36. The first kappa shape index (κ1) is 20.3. The van der Waals surface area contributed by atoms with Crippen LogP contribution < -0.4 is 4.74 Å². The number of nitrogens with zero attached hydrogens (tertiary/aromatic N) is 3. The second kappa shape index (κ2) is 8.77. The SMILES string of the molecule is O=C(c1ccc(F)c(F)c1)N1CC[C@H](Oc2ncccc2C(=O)N2CCCCC2)C1. The van der Waals surface area contributed by atoms with Crippen molar-refractivity contribution in [2.75, 3.05) is 26.2 Å². The Hall–Kier alpha value is -3.03. The maximum Gasteiger partial charge on any atom is 0.259 e. The third kappa shape index (κ3) is 4.27. The Bertz CT molecular complexity index is 947. The number of pyridine rings is 1. The molecule has 2 aliphatic rings. The third-order valence-electron chi connectivity index (χ3n) is 5.52. The number of rotatable bonds is 4. The van der Waals surface area contributed by atoms with Crippen molar-refractivity contribution in [2.24, 2.45) is 0 Å². The van der Waals surface area contributed by atoms with Gasteiger partial charge in [-0.15, -0.1) is 0 Å². The molecular weight excluding hydrogens is 392 g/mol. The number of benzene rings is 1. The number of carbonyl (C=O) groups is 2. The minimum Gasteiger partial charge on any atom is -0.472 e. The highest BCUT2D eigenvalue weighted by Gasteiger charge is 2.30. The summed E-state index contributed by atoms with van der Waals surface area (Å²) in [5.41, 5.74) is 0.512. The van der Waals surface area contributed by atoms with E-state index in [2.05, 4.69) is 4.98 Å². The van der Waals surface area contributed by atoms with Crippen LogP contribution in [0, 0.1) is 11.6 Å². The molecule has 4 rings (SSSR count). The van der Waals surface area contributed by atoms with Crippen LogP contribution in [0.1, 0.15) is 46.4 Å². The smallest absolute Gasteiger partial charge is 0.259 e. The predicted octanol–water partition coefficient (Wildman–Crippen LogP) is 3.28. The number of hydrogen-bond acceptors (Lipinski definition) is 4. The zero-order chi connectivity index (χ0) is 21.1. The highest BCUT2D eigenvalue weighted by atomic mass is 19.2. The van der Waals surface area contributed by atoms with E-state index in [1.807, 2.05) is 4.90 Å². The van der Waals surface area contributed by atoms with Crippen molar-refractivity contribution in [1.82, 2.24) is 14.8 Å².